The lowest BCUT2D eigenvalue weighted by Gasteiger charge is -2.06. The second kappa shape index (κ2) is 6.47. The number of rotatable bonds is 5. The summed E-state index contributed by atoms with van der Waals surface area (Å²) < 4.78 is 18.2. The number of hydrogen-bond donors (Lipinski definition) is 2. The van der Waals surface area contributed by atoms with E-state index in [0.717, 1.165) is 6.08 Å². The van der Waals surface area contributed by atoms with Gasteiger partial charge in [0.25, 0.3) is 5.91 Å². The van der Waals surface area contributed by atoms with Crippen molar-refractivity contribution in [3.63, 3.8) is 0 Å². The van der Waals surface area contributed by atoms with Crippen molar-refractivity contribution in [2.45, 2.75) is 6.54 Å². The smallest absolute Gasteiger partial charge is 0.328 e. The Balaban J connectivity index is 2.07. The van der Waals surface area contributed by atoms with Crippen LogP contribution in [-0.4, -0.2) is 22.1 Å². The van der Waals surface area contributed by atoms with Crippen molar-refractivity contribution >= 4 is 18.0 Å². The van der Waals surface area contributed by atoms with Crippen molar-refractivity contribution in [1.29, 1.82) is 0 Å². The number of nitrogens with zero attached hydrogens (tertiary/aromatic N) is 1. The van der Waals surface area contributed by atoms with Crippen molar-refractivity contribution in [2.24, 2.45) is 0 Å². The molecule has 21 heavy (non-hydrogen) atoms. The Bertz CT molecular complexity index is 680. The highest BCUT2D eigenvalue weighted by atomic mass is 19.1. The van der Waals surface area contributed by atoms with Gasteiger partial charge in [-0.25, -0.2) is 9.18 Å². The maximum atomic E-state index is 13.6. The van der Waals surface area contributed by atoms with E-state index in [4.69, 9.17) is 5.11 Å². The zero-order chi connectivity index (χ0) is 15.2. The minimum absolute atomic E-state index is 0.0493. The van der Waals surface area contributed by atoms with Gasteiger partial charge >= 0.3 is 5.97 Å². The topological polar surface area (TPSA) is 92.4 Å². The summed E-state index contributed by atoms with van der Waals surface area (Å²) in [4.78, 5) is 22.1. The third-order valence-electron chi connectivity index (χ3n) is 2.60. The zero-order valence-corrected chi connectivity index (χ0v) is 10.7. The summed E-state index contributed by atoms with van der Waals surface area (Å²) in [7, 11) is 0. The molecule has 1 aromatic carbocycles. The van der Waals surface area contributed by atoms with E-state index in [0.29, 0.717) is 5.56 Å². The van der Waals surface area contributed by atoms with E-state index in [-0.39, 0.29) is 17.8 Å². The molecule has 0 aliphatic heterocycles. The Labute approximate surface area is 118 Å². The Morgan fingerprint density at radius 3 is 2.86 bits per heavy atom. The van der Waals surface area contributed by atoms with Crippen LogP contribution in [0.25, 0.3) is 6.08 Å². The van der Waals surface area contributed by atoms with Crippen molar-refractivity contribution in [1.82, 2.24) is 10.5 Å². The highest BCUT2D eigenvalue weighted by molar-refractivity contribution is 5.91. The van der Waals surface area contributed by atoms with Gasteiger partial charge in [0.05, 0.1) is 0 Å². The highest BCUT2D eigenvalue weighted by Gasteiger charge is 2.10. The van der Waals surface area contributed by atoms with Crippen molar-refractivity contribution < 1.29 is 23.6 Å². The average Bonchev–Trinajstić information content (AvgIpc) is 2.98. The Hall–Kier alpha value is -2.96. The third kappa shape index (κ3) is 4.00. The van der Waals surface area contributed by atoms with Gasteiger partial charge in [-0.05, 0) is 23.8 Å². The minimum atomic E-state index is -1.10. The highest BCUT2D eigenvalue weighted by Crippen LogP contribution is 2.12. The molecular weight excluding hydrogens is 279 g/mol. The molecule has 0 fully saturated rings. The number of amides is 1. The van der Waals surface area contributed by atoms with Crippen LogP contribution in [0.5, 0.6) is 0 Å². The molecule has 7 heteroatoms. The summed E-state index contributed by atoms with van der Waals surface area (Å²) in [6.45, 7) is -0.0493. The Morgan fingerprint density at radius 2 is 2.19 bits per heavy atom. The fourth-order valence-corrected chi connectivity index (χ4v) is 1.60. The van der Waals surface area contributed by atoms with E-state index in [1.807, 2.05) is 0 Å². The largest absolute Gasteiger partial charge is 0.478 e. The monoisotopic (exact) mass is 290 g/mol. The lowest BCUT2D eigenvalue weighted by molar-refractivity contribution is -0.131. The van der Waals surface area contributed by atoms with Crippen molar-refractivity contribution in [3.8, 4) is 0 Å². The lowest BCUT2D eigenvalue weighted by Crippen LogP contribution is -2.23. The summed E-state index contributed by atoms with van der Waals surface area (Å²) in [5.41, 5.74) is 0.848. The van der Waals surface area contributed by atoms with Crippen LogP contribution in [0.4, 0.5) is 4.39 Å². The van der Waals surface area contributed by atoms with E-state index in [1.165, 1.54) is 36.6 Å². The molecule has 0 saturated carbocycles. The minimum Gasteiger partial charge on any atom is -0.478 e. The van der Waals surface area contributed by atoms with Crippen LogP contribution >= 0.6 is 0 Å². The van der Waals surface area contributed by atoms with Crippen LogP contribution in [0.15, 0.2) is 41.1 Å². The fourth-order valence-electron chi connectivity index (χ4n) is 1.60. The number of halogens is 1. The number of aromatic nitrogens is 1. The molecule has 0 radical (unpaired) electrons. The first-order valence-corrected chi connectivity index (χ1v) is 5.94. The van der Waals surface area contributed by atoms with Gasteiger partial charge in [-0.3, -0.25) is 4.79 Å². The van der Waals surface area contributed by atoms with Gasteiger partial charge in [-0.2, -0.15) is 0 Å². The van der Waals surface area contributed by atoms with Gasteiger partial charge in [0.2, 0.25) is 0 Å². The summed E-state index contributed by atoms with van der Waals surface area (Å²) in [5.74, 6) is -2.09. The van der Waals surface area contributed by atoms with Crippen LogP contribution < -0.4 is 5.32 Å². The number of aliphatic carboxylic acids is 1. The van der Waals surface area contributed by atoms with Crippen molar-refractivity contribution in [3.05, 3.63) is 59.2 Å². The quantitative estimate of drug-likeness (QED) is 0.820. The zero-order valence-electron chi connectivity index (χ0n) is 10.7. The van der Waals surface area contributed by atoms with E-state index < -0.39 is 17.7 Å². The Kier molecular flexibility index (Phi) is 4.45. The molecule has 1 heterocycles. The second-order valence-electron chi connectivity index (χ2n) is 4.09. The number of benzene rings is 1. The molecule has 0 aliphatic carbocycles. The molecule has 1 amide bonds. The van der Waals surface area contributed by atoms with Gasteiger partial charge in [-0.1, -0.05) is 11.2 Å². The predicted octanol–water partition coefficient (Wildman–Crippen LogP) is 1.84. The maximum Gasteiger partial charge on any atom is 0.328 e. The maximum absolute atomic E-state index is 13.6. The lowest BCUT2D eigenvalue weighted by atomic mass is 10.1. The summed E-state index contributed by atoms with van der Waals surface area (Å²) in [6, 6.07) is 5.49. The number of carbonyl (C=O) groups excluding carboxylic acids is 1. The van der Waals surface area contributed by atoms with E-state index in [9.17, 15) is 14.0 Å². The molecule has 2 N–H and O–H groups in total. The first-order valence-electron chi connectivity index (χ1n) is 5.94. The molecule has 2 aromatic rings. The molecule has 6 nitrogen and oxygen atoms in total. The van der Waals surface area contributed by atoms with Crippen LogP contribution in [0.2, 0.25) is 0 Å². The van der Waals surface area contributed by atoms with E-state index in [1.54, 1.807) is 0 Å². The van der Waals surface area contributed by atoms with Crippen LogP contribution in [0, 0.1) is 5.82 Å². The van der Waals surface area contributed by atoms with Crippen LogP contribution in [0.1, 0.15) is 21.6 Å². The van der Waals surface area contributed by atoms with E-state index >= 15 is 0 Å². The normalized spacial score (nSPS) is 10.7. The SMILES string of the molecule is O=C(O)C=Cc1ccc(F)c(CNC(=O)c2ccon2)c1. The summed E-state index contributed by atoms with van der Waals surface area (Å²) in [6.07, 6.45) is 3.54. The van der Waals surface area contributed by atoms with Gasteiger partial charge in [0, 0.05) is 24.3 Å². The number of nitrogens with one attached hydrogen (secondary N) is 1. The summed E-state index contributed by atoms with van der Waals surface area (Å²) in [5, 5.41) is 14.5. The number of carboxylic acids is 1. The Morgan fingerprint density at radius 1 is 1.38 bits per heavy atom. The standard InChI is InChI=1S/C14H11FN2O4/c15-11-3-1-9(2-4-13(18)19)7-10(11)8-16-14(20)12-5-6-21-17-12/h1-7H,8H2,(H,16,20)(H,18,19). The molecule has 0 saturated heterocycles. The van der Waals surface area contributed by atoms with Crippen molar-refractivity contribution in [2.75, 3.05) is 0 Å². The third-order valence-corrected chi connectivity index (χ3v) is 2.60. The predicted molar refractivity (Wildman–Crippen MR) is 70.7 cm³/mol. The number of hydrogen-bond acceptors (Lipinski definition) is 4. The second-order valence-corrected chi connectivity index (χ2v) is 4.09. The molecule has 0 aliphatic rings. The summed E-state index contributed by atoms with van der Waals surface area (Å²) >= 11 is 0. The fraction of sp³-hybridized carbons (Fsp3) is 0.0714. The first-order chi connectivity index (χ1) is 10.1. The van der Waals surface area contributed by atoms with Gasteiger partial charge in [0.15, 0.2) is 5.69 Å². The average molecular weight is 290 g/mol. The molecule has 2 rings (SSSR count). The number of carboxylic acid groups (broad SMARTS) is 1. The van der Waals surface area contributed by atoms with E-state index in [2.05, 4.69) is 15.0 Å². The van der Waals surface area contributed by atoms with Crippen LogP contribution in [-0.2, 0) is 11.3 Å². The molecule has 1 aromatic heterocycles. The number of carbonyl (C=O) groups is 2. The first kappa shape index (κ1) is 14.4. The molecule has 0 unspecified atom stereocenters. The van der Waals surface area contributed by atoms with Gasteiger partial charge < -0.3 is 14.9 Å². The van der Waals surface area contributed by atoms with Gasteiger partial charge in [-0.15, -0.1) is 0 Å². The molecule has 0 bridgehead atoms. The molecule has 0 spiro atoms. The van der Waals surface area contributed by atoms with Crippen LogP contribution in [0.3, 0.4) is 0 Å². The molecule has 108 valence electrons. The van der Waals surface area contributed by atoms with Gasteiger partial charge in [0.1, 0.15) is 12.1 Å². The molecular formula is C14H11FN2O4. The molecule has 0 atom stereocenters.